The highest BCUT2D eigenvalue weighted by Crippen LogP contribution is 2.20. The largest absolute Gasteiger partial charge is 0.497 e. The summed E-state index contributed by atoms with van der Waals surface area (Å²) in [6, 6.07) is 14.7. The molecule has 1 unspecified atom stereocenters. The lowest BCUT2D eigenvalue weighted by molar-refractivity contribution is -0.159. The third-order valence-corrected chi connectivity index (χ3v) is 4.85. The number of carbonyl (C=O) groups excluding carboxylic acids is 3. The van der Waals surface area contributed by atoms with Crippen LogP contribution in [0.1, 0.15) is 15.9 Å². The molecule has 0 radical (unpaired) electrons. The molecule has 1 fully saturated rings. The number of nitrogens with zero attached hydrogens (tertiary/aromatic N) is 2. The quantitative estimate of drug-likeness (QED) is 0.303. The maximum atomic E-state index is 13.2. The molecule has 0 bridgehead atoms. The zero-order valence-electron chi connectivity index (χ0n) is 16.8. The third-order valence-electron chi connectivity index (χ3n) is 4.85. The van der Waals surface area contributed by atoms with Gasteiger partial charge in [0, 0.05) is 25.2 Å². The van der Waals surface area contributed by atoms with E-state index in [1.54, 1.807) is 42.3 Å². The van der Waals surface area contributed by atoms with Gasteiger partial charge in [0.15, 0.2) is 6.04 Å². The van der Waals surface area contributed by atoms with Crippen LogP contribution in [-0.2, 0) is 20.9 Å². The number of amides is 2. The molecule has 1 aliphatic heterocycles. The van der Waals surface area contributed by atoms with Crippen LogP contribution in [-0.4, -0.2) is 60.4 Å². The fraction of sp³-hybridized carbons (Fsp3) is 0.261. The molecule has 7 heteroatoms. The van der Waals surface area contributed by atoms with E-state index in [0.717, 1.165) is 16.2 Å². The van der Waals surface area contributed by atoms with Crippen molar-refractivity contribution >= 4 is 17.8 Å². The standard InChI is InChI=1S/C23H24N2O5/c1-3-15-30-23(28)20-22(27)25(21(26)18-7-5-4-6-8-18)14-13-24(20)16-17-9-11-19(29-2)12-10-17/h3-12,20H,1,13-16H2,2H3. The van der Waals surface area contributed by atoms with Gasteiger partial charge in [-0.05, 0) is 29.8 Å². The van der Waals surface area contributed by atoms with Crippen molar-refractivity contribution in [2.24, 2.45) is 0 Å². The lowest BCUT2D eigenvalue weighted by Gasteiger charge is -2.38. The van der Waals surface area contributed by atoms with Crippen LogP contribution in [0, 0.1) is 0 Å². The van der Waals surface area contributed by atoms with Gasteiger partial charge in [-0.2, -0.15) is 0 Å². The number of piperazine rings is 1. The first-order valence-corrected chi connectivity index (χ1v) is 9.60. The average molecular weight is 408 g/mol. The molecule has 2 amide bonds. The van der Waals surface area contributed by atoms with Crippen LogP contribution in [0.4, 0.5) is 0 Å². The zero-order valence-corrected chi connectivity index (χ0v) is 16.8. The molecule has 0 aliphatic carbocycles. The molecule has 7 nitrogen and oxygen atoms in total. The van der Waals surface area contributed by atoms with E-state index in [4.69, 9.17) is 9.47 Å². The lowest BCUT2D eigenvalue weighted by Crippen LogP contribution is -2.61. The van der Waals surface area contributed by atoms with Gasteiger partial charge in [0.25, 0.3) is 11.8 Å². The molecule has 3 rings (SSSR count). The second-order valence-electron chi connectivity index (χ2n) is 6.80. The van der Waals surface area contributed by atoms with Crippen LogP contribution in [0.3, 0.4) is 0 Å². The molecule has 30 heavy (non-hydrogen) atoms. The Balaban J connectivity index is 1.82. The summed E-state index contributed by atoms with van der Waals surface area (Å²) in [6.45, 7) is 4.42. The summed E-state index contributed by atoms with van der Waals surface area (Å²) in [7, 11) is 1.59. The Morgan fingerprint density at radius 3 is 2.43 bits per heavy atom. The predicted molar refractivity (Wildman–Crippen MR) is 111 cm³/mol. The first-order valence-electron chi connectivity index (χ1n) is 9.60. The number of esters is 1. The molecule has 1 saturated heterocycles. The third kappa shape index (κ3) is 4.75. The first kappa shape index (κ1) is 21.3. The van der Waals surface area contributed by atoms with Crippen LogP contribution in [0.2, 0.25) is 0 Å². The molecular formula is C23H24N2O5. The number of ether oxygens (including phenoxy) is 2. The minimum Gasteiger partial charge on any atom is -0.497 e. The average Bonchev–Trinajstić information content (AvgIpc) is 2.78. The van der Waals surface area contributed by atoms with Crippen molar-refractivity contribution in [2.75, 3.05) is 26.8 Å². The number of carbonyl (C=O) groups is 3. The SMILES string of the molecule is C=CCOC(=O)C1C(=O)N(C(=O)c2ccccc2)CCN1Cc1ccc(OC)cc1. The monoisotopic (exact) mass is 408 g/mol. The molecular weight excluding hydrogens is 384 g/mol. The van der Waals surface area contributed by atoms with Crippen molar-refractivity contribution < 1.29 is 23.9 Å². The van der Waals surface area contributed by atoms with Crippen molar-refractivity contribution in [3.63, 3.8) is 0 Å². The molecule has 2 aromatic rings. The van der Waals surface area contributed by atoms with E-state index >= 15 is 0 Å². The Morgan fingerprint density at radius 2 is 1.80 bits per heavy atom. The number of methoxy groups -OCH3 is 1. The molecule has 156 valence electrons. The van der Waals surface area contributed by atoms with E-state index < -0.39 is 23.8 Å². The van der Waals surface area contributed by atoms with E-state index in [0.29, 0.717) is 18.7 Å². The highest BCUT2D eigenvalue weighted by Gasteiger charge is 2.43. The molecule has 0 N–H and O–H groups in total. The molecule has 0 spiro atoms. The summed E-state index contributed by atoms with van der Waals surface area (Å²) in [6.07, 6.45) is 1.44. The predicted octanol–water partition coefficient (Wildman–Crippen LogP) is 2.28. The van der Waals surface area contributed by atoms with Gasteiger partial charge in [-0.3, -0.25) is 19.4 Å². The maximum Gasteiger partial charge on any atom is 0.333 e. The summed E-state index contributed by atoms with van der Waals surface area (Å²) in [4.78, 5) is 41.5. The number of benzene rings is 2. The number of hydrogen-bond donors (Lipinski definition) is 0. The summed E-state index contributed by atoms with van der Waals surface area (Å²) in [5.74, 6) is -0.988. The van der Waals surface area contributed by atoms with Crippen LogP contribution in [0.5, 0.6) is 5.75 Å². The maximum absolute atomic E-state index is 13.2. The number of imide groups is 1. The molecule has 2 aromatic carbocycles. The van der Waals surface area contributed by atoms with E-state index in [1.807, 2.05) is 24.3 Å². The van der Waals surface area contributed by atoms with Crippen molar-refractivity contribution in [1.82, 2.24) is 9.80 Å². The Bertz CT molecular complexity index is 911. The minimum absolute atomic E-state index is 0.00831. The van der Waals surface area contributed by atoms with Gasteiger partial charge in [0.1, 0.15) is 12.4 Å². The second-order valence-corrected chi connectivity index (χ2v) is 6.80. The Kier molecular flexibility index (Phi) is 6.98. The summed E-state index contributed by atoms with van der Waals surface area (Å²) >= 11 is 0. The fourth-order valence-electron chi connectivity index (χ4n) is 3.32. The van der Waals surface area contributed by atoms with Crippen molar-refractivity contribution in [3.8, 4) is 5.75 Å². The van der Waals surface area contributed by atoms with Gasteiger partial charge >= 0.3 is 5.97 Å². The van der Waals surface area contributed by atoms with Gasteiger partial charge in [0.2, 0.25) is 0 Å². The molecule has 1 heterocycles. The van der Waals surface area contributed by atoms with Crippen LogP contribution in [0.15, 0.2) is 67.3 Å². The summed E-state index contributed by atoms with van der Waals surface area (Å²) < 4.78 is 10.3. The molecule has 1 aliphatic rings. The van der Waals surface area contributed by atoms with E-state index in [1.165, 1.54) is 6.08 Å². The van der Waals surface area contributed by atoms with Crippen LogP contribution < -0.4 is 4.74 Å². The second kappa shape index (κ2) is 9.84. The zero-order chi connectivity index (χ0) is 21.5. The topological polar surface area (TPSA) is 76.2 Å². The Hall–Kier alpha value is -3.45. The van der Waals surface area contributed by atoms with Crippen molar-refractivity contribution in [3.05, 3.63) is 78.4 Å². The highest BCUT2D eigenvalue weighted by atomic mass is 16.5. The first-order chi connectivity index (χ1) is 14.5. The number of hydrogen-bond acceptors (Lipinski definition) is 6. The van der Waals surface area contributed by atoms with Crippen molar-refractivity contribution in [2.45, 2.75) is 12.6 Å². The molecule has 1 atom stereocenters. The minimum atomic E-state index is -1.20. The summed E-state index contributed by atoms with van der Waals surface area (Å²) in [5.41, 5.74) is 1.31. The van der Waals surface area contributed by atoms with E-state index in [-0.39, 0.29) is 13.2 Å². The van der Waals surface area contributed by atoms with Crippen LogP contribution in [0.25, 0.3) is 0 Å². The van der Waals surface area contributed by atoms with Gasteiger partial charge in [-0.25, -0.2) is 4.79 Å². The normalized spacial score (nSPS) is 16.8. The van der Waals surface area contributed by atoms with Crippen molar-refractivity contribution in [1.29, 1.82) is 0 Å². The summed E-state index contributed by atoms with van der Waals surface area (Å²) in [5, 5.41) is 0. The van der Waals surface area contributed by atoms with E-state index in [2.05, 4.69) is 6.58 Å². The smallest absolute Gasteiger partial charge is 0.333 e. The lowest BCUT2D eigenvalue weighted by atomic mass is 10.1. The van der Waals surface area contributed by atoms with Crippen LogP contribution >= 0.6 is 0 Å². The Labute approximate surface area is 175 Å². The van der Waals surface area contributed by atoms with Gasteiger partial charge in [0.05, 0.1) is 7.11 Å². The highest BCUT2D eigenvalue weighted by molar-refractivity contribution is 6.12. The number of rotatable bonds is 7. The van der Waals surface area contributed by atoms with Gasteiger partial charge in [-0.15, -0.1) is 0 Å². The molecule has 0 saturated carbocycles. The fourth-order valence-corrected chi connectivity index (χ4v) is 3.32. The molecule has 0 aromatic heterocycles. The van der Waals surface area contributed by atoms with Gasteiger partial charge < -0.3 is 9.47 Å². The Morgan fingerprint density at radius 1 is 1.10 bits per heavy atom. The van der Waals surface area contributed by atoms with E-state index in [9.17, 15) is 14.4 Å². The van der Waals surface area contributed by atoms with Gasteiger partial charge in [-0.1, -0.05) is 43.0 Å².